The van der Waals surface area contributed by atoms with Gasteiger partial charge in [0.1, 0.15) is 22.8 Å². The Bertz CT molecular complexity index is 1780. The van der Waals surface area contributed by atoms with Crippen LogP contribution in [-0.4, -0.2) is 10.9 Å². The molecule has 178 valence electrons. The Morgan fingerprint density at radius 1 is 0.917 bits per heavy atom. The van der Waals surface area contributed by atoms with Gasteiger partial charge in [0, 0.05) is 44.9 Å². The summed E-state index contributed by atoms with van der Waals surface area (Å²) in [5, 5.41) is 6.71. The van der Waals surface area contributed by atoms with E-state index in [-0.39, 0.29) is 11.7 Å². The van der Waals surface area contributed by atoms with E-state index in [4.69, 9.17) is 10.2 Å². The van der Waals surface area contributed by atoms with E-state index >= 15 is 0 Å². The van der Waals surface area contributed by atoms with Gasteiger partial charge in [0.15, 0.2) is 0 Å². The predicted octanol–water partition coefficient (Wildman–Crippen LogP) is 6.82. The number of nitrogen functional groups attached to an aromatic ring is 1. The molecule has 0 unspecified atom stereocenters. The van der Waals surface area contributed by atoms with Crippen LogP contribution in [0.15, 0.2) is 65.1 Å². The van der Waals surface area contributed by atoms with Crippen molar-refractivity contribution < 1.29 is 13.6 Å². The van der Waals surface area contributed by atoms with Crippen molar-refractivity contribution in [2.45, 2.75) is 27.3 Å². The van der Waals surface area contributed by atoms with Crippen LogP contribution in [0.2, 0.25) is 0 Å². The Morgan fingerprint density at radius 2 is 1.64 bits per heavy atom. The van der Waals surface area contributed by atoms with Gasteiger partial charge in [0.2, 0.25) is 0 Å². The number of amides is 1. The van der Waals surface area contributed by atoms with Gasteiger partial charge in [-0.25, -0.2) is 9.37 Å². The van der Waals surface area contributed by atoms with Gasteiger partial charge in [-0.2, -0.15) is 0 Å². The number of hydrogen-bond acceptors (Lipinski definition) is 4. The molecule has 6 aromatic rings. The molecule has 0 aliphatic carbocycles. The van der Waals surface area contributed by atoms with Crippen LogP contribution in [0.3, 0.4) is 0 Å². The fraction of sp³-hybridized carbons (Fsp3) is 0.133. The third-order valence-electron chi connectivity index (χ3n) is 6.99. The van der Waals surface area contributed by atoms with Gasteiger partial charge in [-0.15, -0.1) is 0 Å². The second kappa shape index (κ2) is 8.05. The second-order valence-corrected chi connectivity index (χ2v) is 9.32. The fourth-order valence-electron chi connectivity index (χ4n) is 5.19. The number of hydrogen-bond donors (Lipinski definition) is 2. The monoisotopic (exact) mass is 477 g/mol. The van der Waals surface area contributed by atoms with Crippen molar-refractivity contribution in [3.8, 4) is 11.1 Å². The van der Waals surface area contributed by atoms with Crippen LogP contribution >= 0.6 is 0 Å². The number of furan rings is 2. The number of aromatic nitrogens is 1. The highest BCUT2D eigenvalue weighted by atomic mass is 19.1. The van der Waals surface area contributed by atoms with Gasteiger partial charge in [-0.1, -0.05) is 18.2 Å². The molecule has 0 saturated carbocycles. The van der Waals surface area contributed by atoms with E-state index in [0.29, 0.717) is 29.1 Å². The summed E-state index contributed by atoms with van der Waals surface area (Å²) in [4.78, 5) is 17.3. The first kappa shape index (κ1) is 22.0. The minimum atomic E-state index is -0.252. The largest absolute Gasteiger partial charge is 0.455 e. The van der Waals surface area contributed by atoms with Gasteiger partial charge < -0.3 is 15.5 Å². The zero-order valence-corrected chi connectivity index (χ0v) is 20.2. The highest BCUT2D eigenvalue weighted by Gasteiger charge is 2.20. The molecule has 0 atom stereocenters. The Balaban J connectivity index is 1.37. The second-order valence-electron chi connectivity index (χ2n) is 9.32. The van der Waals surface area contributed by atoms with Crippen molar-refractivity contribution >= 4 is 44.4 Å². The average molecular weight is 478 g/mol. The van der Waals surface area contributed by atoms with Crippen LogP contribution in [0, 0.1) is 26.6 Å². The highest BCUT2D eigenvalue weighted by Crippen LogP contribution is 2.42. The van der Waals surface area contributed by atoms with Crippen LogP contribution in [-0.2, 0) is 6.54 Å². The molecule has 0 aliphatic rings. The molecule has 0 spiro atoms. The van der Waals surface area contributed by atoms with Crippen LogP contribution < -0.4 is 11.1 Å². The van der Waals surface area contributed by atoms with E-state index in [1.54, 1.807) is 12.1 Å². The van der Waals surface area contributed by atoms with Crippen molar-refractivity contribution in [2.24, 2.45) is 0 Å². The molecule has 3 aromatic carbocycles. The molecule has 0 saturated heterocycles. The minimum absolute atomic E-state index is 0.183. The average Bonchev–Trinajstić information content (AvgIpc) is 3.40. The molecule has 6 heteroatoms. The molecular formula is C30H24FN3O2. The van der Waals surface area contributed by atoms with E-state index in [9.17, 15) is 9.18 Å². The lowest BCUT2D eigenvalue weighted by atomic mass is 9.95. The highest BCUT2D eigenvalue weighted by molar-refractivity contribution is 6.26. The van der Waals surface area contributed by atoms with Gasteiger partial charge in [-0.05, 0) is 85.5 Å². The number of aryl methyl sites for hydroxylation is 3. The van der Waals surface area contributed by atoms with Crippen molar-refractivity contribution in [3.63, 3.8) is 0 Å². The van der Waals surface area contributed by atoms with Crippen LogP contribution in [0.1, 0.15) is 32.7 Å². The molecule has 0 radical (unpaired) electrons. The summed E-state index contributed by atoms with van der Waals surface area (Å²) in [6, 6.07) is 18.4. The summed E-state index contributed by atoms with van der Waals surface area (Å²) in [6.07, 6.45) is 0. The topological polar surface area (TPSA) is 81.1 Å². The normalized spacial score (nSPS) is 11.7. The molecule has 2 bridgehead atoms. The van der Waals surface area contributed by atoms with Crippen molar-refractivity contribution in [1.82, 2.24) is 10.3 Å². The molecule has 0 aliphatic heterocycles. The maximum absolute atomic E-state index is 14.6. The Hall–Kier alpha value is -4.45. The number of carbonyl (C=O) groups excluding carboxylic acids is 1. The van der Waals surface area contributed by atoms with E-state index in [2.05, 4.69) is 10.3 Å². The summed E-state index contributed by atoms with van der Waals surface area (Å²) in [5.74, 6) is 0.0347. The lowest BCUT2D eigenvalue weighted by molar-refractivity contribution is 0.0951. The van der Waals surface area contributed by atoms with E-state index < -0.39 is 0 Å². The number of nitrogens with two attached hydrogens (primary N) is 1. The van der Waals surface area contributed by atoms with Crippen LogP contribution in [0.25, 0.3) is 43.8 Å². The number of rotatable bonds is 4. The number of pyridine rings is 1. The summed E-state index contributed by atoms with van der Waals surface area (Å²) in [5.41, 5.74) is 12.8. The van der Waals surface area contributed by atoms with E-state index in [1.807, 2.05) is 63.2 Å². The van der Waals surface area contributed by atoms with Crippen LogP contribution in [0.4, 0.5) is 10.2 Å². The molecular weight excluding hydrogens is 453 g/mol. The quantitative estimate of drug-likeness (QED) is 0.273. The molecule has 6 rings (SSSR count). The number of anilines is 1. The molecule has 5 nitrogen and oxygen atoms in total. The third kappa shape index (κ3) is 3.37. The standard InChI is InChI=1S/C30H24FN3O2/c1-15-5-4-6-25(31)27(15)18-7-9-20-22(12-18)29-23-13-19(8-10-21(23)28(20)36-29)30(35)33-14-24-16(2)11-26(32)34-17(24)3/h4-13H,14H2,1-3H3,(H2,32,34)(H,33,35). The zero-order valence-electron chi connectivity index (χ0n) is 20.2. The fourth-order valence-corrected chi connectivity index (χ4v) is 5.19. The number of nitrogens with zero attached hydrogens (tertiary/aromatic N) is 1. The van der Waals surface area contributed by atoms with Gasteiger partial charge in [0.05, 0.1) is 0 Å². The molecule has 3 heterocycles. The number of carbonyl (C=O) groups is 1. The van der Waals surface area contributed by atoms with E-state index in [0.717, 1.165) is 55.1 Å². The minimum Gasteiger partial charge on any atom is -0.455 e. The van der Waals surface area contributed by atoms with Crippen LogP contribution in [0.5, 0.6) is 0 Å². The summed E-state index contributed by atoms with van der Waals surface area (Å²) < 4.78 is 20.8. The Kier molecular flexibility index (Phi) is 4.93. The molecule has 3 N–H and O–H groups in total. The first-order chi connectivity index (χ1) is 17.3. The lowest BCUT2D eigenvalue weighted by Crippen LogP contribution is -2.24. The summed E-state index contributed by atoms with van der Waals surface area (Å²) >= 11 is 0. The Morgan fingerprint density at radius 3 is 2.39 bits per heavy atom. The van der Waals surface area contributed by atoms with Gasteiger partial charge >= 0.3 is 0 Å². The first-order valence-corrected chi connectivity index (χ1v) is 11.8. The molecule has 0 fully saturated rings. The number of halogens is 1. The SMILES string of the molecule is Cc1cc(N)nc(C)c1CNC(=O)c1ccc2c(c1)c1oc2c2ccc(-c3c(C)cccc3F)cc21. The number of nitrogens with one attached hydrogen (secondary N) is 1. The zero-order chi connectivity index (χ0) is 25.1. The smallest absolute Gasteiger partial charge is 0.251 e. The summed E-state index contributed by atoms with van der Waals surface area (Å²) in [7, 11) is 0. The van der Waals surface area contributed by atoms with Crippen molar-refractivity contribution in [1.29, 1.82) is 0 Å². The first-order valence-electron chi connectivity index (χ1n) is 11.8. The third-order valence-corrected chi connectivity index (χ3v) is 6.99. The number of fused-ring (bicyclic) bond motifs is 8. The predicted molar refractivity (Wildman–Crippen MR) is 142 cm³/mol. The van der Waals surface area contributed by atoms with E-state index in [1.165, 1.54) is 6.07 Å². The Labute approximate surface area is 207 Å². The van der Waals surface area contributed by atoms with Gasteiger partial charge in [0.25, 0.3) is 5.91 Å². The molecule has 36 heavy (non-hydrogen) atoms. The maximum Gasteiger partial charge on any atom is 0.251 e. The summed E-state index contributed by atoms with van der Waals surface area (Å²) in [6.45, 7) is 6.11. The van der Waals surface area contributed by atoms with Gasteiger partial charge in [-0.3, -0.25) is 4.79 Å². The lowest BCUT2D eigenvalue weighted by Gasteiger charge is -2.12. The van der Waals surface area contributed by atoms with Crippen molar-refractivity contribution in [2.75, 3.05) is 5.73 Å². The molecule has 3 aromatic heterocycles. The number of benzene rings is 4. The molecule has 1 amide bonds. The van der Waals surface area contributed by atoms with Crippen molar-refractivity contribution in [3.05, 3.63) is 94.4 Å². The maximum atomic E-state index is 14.6.